The number of ether oxygens (including phenoxy) is 1. The second-order valence-electron chi connectivity index (χ2n) is 5.14. The lowest BCUT2D eigenvalue weighted by Gasteiger charge is -2.21. The number of carbonyl (C=O) groups excluding carboxylic acids is 1. The van der Waals surface area contributed by atoms with Crippen LogP contribution < -0.4 is 5.73 Å². The molecule has 19 heavy (non-hydrogen) atoms. The fourth-order valence-corrected chi connectivity index (χ4v) is 2.26. The second-order valence-corrected chi connectivity index (χ2v) is 6.14. The van der Waals surface area contributed by atoms with Gasteiger partial charge in [0.25, 0.3) is 0 Å². The zero-order chi connectivity index (χ0) is 14.8. The van der Waals surface area contributed by atoms with Crippen molar-refractivity contribution < 1.29 is 22.7 Å². The van der Waals surface area contributed by atoms with Gasteiger partial charge in [-0.25, -0.2) is 0 Å². The maximum absolute atomic E-state index is 12.4. The fraction of sp³-hybridized carbons (Fsp3) is 0.583. The van der Waals surface area contributed by atoms with Crippen LogP contribution in [0.15, 0.2) is 11.4 Å². The van der Waals surface area contributed by atoms with Crippen LogP contribution in [0.2, 0.25) is 0 Å². The third-order valence-corrected chi connectivity index (χ3v) is 3.07. The van der Waals surface area contributed by atoms with E-state index in [0.29, 0.717) is 4.88 Å². The molecule has 1 rings (SSSR count). The van der Waals surface area contributed by atoms with Crippen LogP contribution in [0.5, 0.6) is 0 Å². The van der Waals surface area contributed by atoms with Gasteiger partial charge in [0.1, 0.15) is 11.6 Å². The third kappa shape index (κ3) is 5.20. The molecule has 0 fully saturated rings. The standard InChI is InChI=1S/C12H16F3NO2S/c1-11(2,3)18-10(17)9(16)5-8-4-7(6-19-8)12(13,14)15/h4,6,9H,5,16H2,1-3H3. The first-order valence-corrected chi connectivity index (χ1v) is 6.50. The highest BCUT2D eigenvalue weighted by molar-refractivity contribution is 7.10. The van der Waals surface area contributed by atoms with E-state index in [9.17, 15) is 18.0 Å². The van der Waals surface area contributed by atoms with Crippen molar-refractivity contribution in [1.29, 1.82) is 0 Å². The van der Waals surface area contributed by atoms with Gasteiger partial charge in [-0.3, -0.25) is 4.79 Å². The van der Waals surface area contributed by atoms with E-state index in [-0.39, 0.29) is 6.42 Å². The van der Waals surface area contributed by atoms with Gasteiger partial charge in [0.15, 0.2) is 0 Å². The molecule has 3 nitrogen and oxygen atoms in total. The van der Waals surface area contributed by atoms with Crippen LogP contribution in [-0.2, 0) is 22.1 Å². The predicted octanol–water partition coefficient (Wildman–Crippen LogP) is 2.98. The number of rotatable bonds is 3. The van der Waals surface area contributed by atoms with Crippen LogP contribution >= 0.6 is 11.3 Å². The van der Waals surface area contributed by atoms with E-state index in [4.69, 9.17) is 10.5 Å². The molecule has 0 aromatic carbocycles. The summed E-state index contributed by atoms with van der Waals surface area (Å²) in [5, 5.41) is 1.01. The van der Waals surface area contributed by atoms with Crippen molar-refractivity contribution in [1.82, 2.24) is 0 Å². The minimum Gasteiger partial charge on any atom is -0.459 e. The SMILES string of the molecule is CC(C)(C)OC(=O)C(N)Cc1cc(C(F)(F)F)cs1. The average Bonchev–Trinajstić information content (AvgIpc) is 2.62. The number of hydrogen-bond acceptors (Lipinski definition) is 4. The average molecular weight is 295 g/mol. The fourth-order valence-electron chi connectivity index (χ4n) is 1.31. The van der Waals surface area contributed by atoms with Crippen molar-refractivity contribution in [3.63, 3.8) is 0 Å². The molecule has 0 amide bonds. The van der Waals surface area contributed by atoms with Gasteiger partial charge in [0.05, 0.1) is 5.56 Å². The maximum Gasteiger partial charge on any atom is 0.417 e. The number of thiophene rings is 1. The Morgan fingerprint density at radius 3 is 2.42 bits per heavy atom. The van der Waals surface area contributed by atoms with E-state index in [1.807, 2.05) is 0 Å². The molecule has 0 spiro atoms. The molecule has 1 aromatic heterocycles. The van der Waals surface area contributed by atoms with Gasteiger partial charge in [0.2, 0.25) is 0 Å². The lowest BCUT2D eigenvalue weighted by Crippen LogP contribution is -2.38. The van der Waals surface area contributed by atoms with Gasteiger partial charge in [-0.05, 0) is 26.8 Å². The molecule has 0 radical (unpaired) electrons. The zero-order valence-corrected chi connectivity index (χ0v) is 11.7. The van der Waals surface area contributed by atoms with Gasteiger partial charge in [-0.1, -0.05) is 0 Å². The molecule has 2 N–H and O–H groups in total. The summed E-state index contributed by atoms with van der Waals surface area (Å²) in [6, 6.07) is 0.0495. The summed E-state index contributed by atoms with van der Waals surface area (Å²) >= 11 is 0.932. The first-order valence-electron chi connectivity index (χ1n) is 5.62. The van der Waals surface area contributed by atoms with E-state index in [0.717, 1.165) is 22.8 Å². The molecular weight excluding hydrogens is 279 g/mol. The highest BCUT2D eigenvalue weighted by Crippen LogP contribution is 2.32. The first kappa shape index (κ1) is 16.0. The highest BCUT2D eigenvalue weighted by atomic mass is 32.1. The minimum atomic E-state index is -4.37. The van der Waals surface area contributed by atoms with Crippen molar-refractivity contribution >= 4 is 17.3 Å². The molecule has 7 heteroatoms. The van der Waals surface area contributed by atoms with Crippen molar-refractivity contribution in [2.75, 3.05) is 0 Å². The number of hydrogen-bond donors (Lipinski definition) is 1. The van der Waals surface area contributed by atoms with Crippen molar-refractivity contribution in [3.8, 4) is 0 Å². The summed E-state index contributed by atoms with van der Waals surface area (Å²) in [6.45, 7) is 5.10. The third-order valence-electron chi connectivity index (χ3n) is 2.11. The molecule has 0 bridgehead atoms. The molecule has 1 atom stereocenters. The normalized spacial score (nSPS) is 14.3. The summed E-state index contributed by atoms with van der Waals surface area (Å²) < 4.78 is 42.3. The van der Waals surface area contributed by atoms with Gasteiger partial charge in [-0.15, -0.1) is 11.3 Å². The Hall–Kier alpha value is -1.08. The van der Waals surface area contributed by atoms with Crippen molar-refractivity contribution in [3.05, 3.63) is 21.9 Å². The Morgan fingerprint density at radius 1 is 1.42 bits per heavy atom. The molecular formula is C12H16F3NO2S. The summed E-state index contributed by atoms with van der Waals surface area (Å²) in [6.07, 6.45) is -4.33. The van der Waals surface area contributed by atoms with Gasteiger partial charge < -0.3 is 10.5 Å². The molecule has 0 saturated heterocycles. The summed E-state index contributed by atoms with van der Waals surface area (Å²) in [7, 11) is 0. The number of alkyl halides is 3. The molecule has 0 saturated carbocycles. The number of halogens is 3. The quantitative estimate of drug-likeness (QED) is 0.872. The van der Waals surface area contributed by atoms with E-state index in [1.165, 1.54) is 0 Å². The van der Waals surface area contributed by atoms with Crippen LogP contribution in [0.25, 0.3) is 0 Å². The number of esters is 1. The molecule has 0 aliphatic carbocycles. The van der Waals surface area contributed by atoms with Crippen LogP contribution in [0.3, 0.4) is 0 Å². The van der Waals surface area contributed by atoms with Gasteiger partial charge >= 0.3 is 12.1 Å². The van der Waals surface area contributed by atoms with E-state index < -0.39 is 29.4 Å². The van der Waals surface area contributed by atoms with E-state index >= 15 is 0 Å². The van der Waals surface area contributed by atoms with Crippen LogP contribution in [0, 0.1) is 0 Å². The van der Waals surface area contributed by atoms with Crippen molar-refractivity contribution in [2.24, 2.45) is 5.73 Å². The maximum atomic E-state index is 12.4. The monoisotopic (exact) mass is 295 g/mol. The highest BCUT2D eigenvalue weighted by Gasteiger charge is 2.32. The molecule has 1 aromatic rings. The van der Waals surface area contributed by atoms with Gasteiger partial charge in [0, 0.05) is 16.7 Å². The molecule has 1 heterocycles. The minimum absolute atomic E-state index is 0.0374. The van der Waals surface area contributed by atoms with E-state index in [2.05, 4.69) is 0 Å². The van der Waals surface area contributed by atoms with Crippen LogP contribution in [-0.4, -0.2) is 17.6 Å². The predicted molar refractivity (Wildman–Crippen MR) is 66.8 cm³/mol. The second kappa shape index (κ2) is 5.50. The summed E-state index contributed by atoms with van der Waals surface area (Å²) in [5.41, 5.74) is 4.24. The Balaban J connectivity index is 2.65. The lowest BCUT2D eigenvalue weighted by molar-refractivity contribution is -0.156. The molecule has 0 aliphatic heterocycles. The zero-order valence-electron chi connectivity index (χ0n) is 10.9. The summed E-state index contributed by atoms with van der Waals surface area (Å²) in [5.74, 6) is -0.616. The van der Waals surface area contributed by atoms with Crippen LogP contribution in [0.4, 0.5) is 13.2 Å². The van der Waals surface area contributed by atoms with Crippen LogP contribution in [0.1, 0.15) is 31.2 Å². The lowest BCUT2D eigenvalue weighted by atomic mass is 10.1. The topological polar surface area (TPSA) is 52.3 Å². The first-order chi connectivity index (χ1) is 8.49. The Labute approximate surface area is 113 Å². The van der Waals surface area contributed by atoms with Gasteiger partial charge in [-0.2, -0.15) is 13.2 Å². The molecule has 1 unspecified atom stereocenters. The Kier molecular flexibility index (Phi) is 4.63. The molecule has 108 valence electrons. The number of carbonyl (C=O) groups is 1. The van der Waals surface area contributed by atoms with E-state index in [1.54, 1.807) is 20.8 Å². The smallest absolute Gasteiger partial charge is 0.417 e. The largest absolute Gasteiger partial charge is 0.459 e. The summed E-state index contributed by atoms with van der Waals surface area (Å²) in [4.78, 5) is 12.0. The van der Waals surface area contributed by atoms with Crippen molar-refractivity contribution in [2.45, 2.75) is 45.0 Å². The Bertz CT molecular complexity index is 449. The Morgan fingerprint density at radius 2 is 2.00 bits per heavy atom. The number of nitrogens with two attached hydrogens (primary N) is 1. The molecule has 0 aliphatic rings.